The second-order valence-electron chi connectivity index (χ2n) is 6.75. The van der Waals surface area contributed by atoms with E-state index in [2.05, 4.69) is 54.1 Å². The maximum absolute atomic E-state index is 12.9. The van der Waals surface area contributed by atoms with Gasteiger partial charge in [0.2, 0.25) is 0 Å². The van der Waals surface area contributed by atoms with E-state index in [9.17, 15) is 4.79 Å². The van der Waals surface area contributed by atoms with Crippen molar-refractivity contribution in [3.8, 4) is 10.6 Å². The minimum Gasteiger partial charge on any atom is -0.340 e. The first-order valence-corrected chi connectivity index (χ1v) is 10.3. The van der Waals surface area contributed by atoms with Gasteiger partial charge in [-0.3, -0.25) is 4.79 Å². The molecule has 3 rings (SSSR count). The molecule has 1 heterocycles. The van der Waals surface area contributed by atoms with Crippen LogP contribution in [0.4, 0.5) is 0 Å². The van der Waals surface area contributed by atoms with Gasteiger partial charge < -0.3 is 9.80 Å². The zero-order chi connectivity index (χ0) is 19.4. The lowest BCUT2D eigenvalue weighted by atomic mass is 10.1. The number of likely N-dealkylation sites (N-methyl/N-ethyl adjacent to an activating group) is 2. The zero-order valence-electron chi connectivity index (χ0n) is 16.5. The first kappa shape index (κ1) is 19.5. The van der Waals surface area contributed by atoms with Crippen LogP contribution in [-0.2, 0) is 0 Å². The fraction of sp³-hybridized carbons (Fsp3) is 0.364. The molecule has 0 saturated heterocycles. The van der Waals surface area contributed by atoms with Crippen LogP contribution in [0.25, 0.3) is 21.3 Å². The Bertz CT molecular complexity index is 930. The summed E-state index contributed by atoms with van der Waals surface area (Å²) in [7, 11) is 1.88. The molecule has 3 aromatic rings. The molecular weight excluding hydrogens is 354 g/mol. The highest BCUT2D eigenvalue weighted by molar-refractivity contribution is 7.17. The van der Waals surface area contributed by atoms with E-state index >= 15 is 0 Å². The van der Waals surface area contributed by atoms with Gasteiger partial charge in [0.1, 0.15) is 9.88 Å². The molecule has 0 aliphatic rings. The van der Waals surface area contributed by atoms with E-state index in [1.54, 1.807) is 0 Å². The Morgan fingerprint density at radius 2 is 1.74 bits per heavy atom. The Balaban J connectivity index is 1.79. The van der Waals surface area contributed by atoms with Crippen LogP contribution in [0.3, 0.4) is 0 Å². The molecule has 0 atom stereocenters. The number of aryl methyl sites for hydroxylation is 1. The van der Waals surface area contributed by atoms with Gasteiger partial charge in [-0.1, -0.05) is 50.2 Å². The molecule has 142 valence electrons. The Hall–Kier alpha value is -2.24. The summed E-state index contributed by atoms with van der Waals surface area (Å²) in [6, 6.07) is 14.6. The molecule has 0 radical (unpaired) electrons. The van der Waals surface area contributed by atoms with Crippen molar-refractivity contribution in [1.29, 1.82) is 0 Å². The number of hydrogen-bond acceptors (Lipinski definition) is 4. The molecule has 0 bridgehead atoms. The molecule has 27 heavy (non-hydrogen) atoms. The van der Waals surface area contributed by atoms with Crippen LogP contribution in [0.2, 0.25) is 0 Å². The largest absolute Gasteiger partial charge is 0.340 e. The highest BCUT2D eigenvalue weighted by atomic mass is 32.1. The summed E-state index contributed by atoms with van der Waals surface area (Å²) in [6.07, 6.45) is 0. The quantitative estimate of drug-likeness (QED) is 0.596. The minimum absolute atomic E-state index is 0.0594. The SMILES string of the molecule is CCN(CC)CCN(C)C(=O)c1sc(-c2ccc3ccccc3c2)nc1C. The number of carbonyl (C=O) groups excluding carboxylic acids is 1. The van der Waals surface area contributed by atoms with Crippen LogP contribution in [0.5, 0.6) is 0 Å². The van der Waals surface area contributed by atoms with E-state index in [-0.39, 0.29) is 5.91 Å². The second-order valence-corrected chi connectivity index (χ2v) is 7.75. The monoisotopic (exact) mass is 381 g/mol. The van der Waals surface area contributed by atoms with Crippen molar-refractivity contribution in [3.05, 3.63) is 53.0 Å². The third-order valence-electron chi connectivity index (χ3n) is 4.98. The smallest absolute Gasteiger partial charge is 0.265 e. The Kier molecular flexibility index (Phi) is 6.24. The second kappa shape index (κ2) is 8.63. The Morgan fingerprint density at radius 3 is 2.44 bits per heavy atom. The molecular formula is C22H27N3OS. The first-order chi connectivity index (χ1) is 13.0. The van der Waals surface area contributed by atoms with E-state index in [0.29, 0.717) is 0 Å². The number of rotatable bonds is 7. The van der Waals surface area contributed by atoms with Gasteiger partial charge in [-0.25, -0.2) is 4.98 Å². The van der Waals surface area contributed by atoms with Crippen LogP contribution < -0.4 is 0 Å². The number of hydrogen-bond donors (Lipinski definition) is 0. The highest BCUT2D eigenvalue weighted by Crippen LogP contribution is 2.30. The number of amides is 1. The summed E-state index contributed by atoms with van der Waals surface area (Å²) in [5, 5.41) is 3.30. The molecule has 1 amide bonds. The van der Waals surface area contributed by atoms with E-state index in [4.69, 9.17) is 0 Å². The van der Waals surface area contributed by atoms with E-state index in [1.807, 2.05) is 31.0 Å². The van der Waals surface area contributed by atoms with Crippen LogP contribution in [-0.4, -0.2) is 53.9 Å². The van der Waals surface area contributed by atoms with Gasteiger partial charge in [0.25, 0.3) is 5.91 Å². The Labute approximate surface area is 165 Å². The molecule has 5 heteroatoms. The van der Waals surface area contributed by atoms with Crippen molar-refractivity contribution in [3.63, 3.8) is 0 Å². The van der Waals surface area contributed by atoms with Crippen molar-refractivity contribution < 1.29 is 4.79 Å². The summed E-state index contributed by atoms with van der Waals surface area (Å²) in [5.74, 6) is 0.0594. The molecule has 0 aliphatic carbocycles. The van der Waals surface area contributed by atoms with E-state index in [1.165, 1.54) is 22.1 Å². The lowest BCUT2D eigenvalue weighted by Crippen LogP contribution is -2.36. The molecule has 0 N–H and O–H groups in total. The fourth-order valence-corrected chi connectivity index (χ4v) is 4.20. The number of fused-ring (bicyclic) bond motifs is 1. The topological polar surface area (TPSA) is 36.4 Å². The average molecular weight is 382 g/mol. The van der Waals surface area contributed by atoms with Gasteiger partial charge in [-0.05, 0) is 36.9 Å². The number of nitrogens with zero attached hydrogens (tertiary/aromatic N) is 3. The standard InChI is InChI=1S/C22H27N3OS/c1-5-25(6-2)14-13-24(4)22(26)20-16(3)23-21(27-20)19-12-11-17-9-7-8-10-18(17)15-19/h7-12,15H,5-6,13-14H2,1-4H3. The third kappa shape index (κ3) is 4.37. The lowest BCUT2D eigenvalue weighted by molar-refractivity contribution is 0.0783. The van der Waals surface area contributed by atoms with Gasteiger partial charge >= 0.3 is 0 Å². The molecule has 0 fully saturated rings. The normalized spacial score (nSPS) is 11.3. The lowest BCUT2D eigenvalue weighted by Gasteiger charge is -2.22. The van der Waals surface area contributed by atoms with Crippen LogP contribution >= 0.6 is 11.3 Å². The minimum atomic E-state index is 0.0594. The maximum atomic E-state index is 12.9. The number of carbonyl (C=O) groups is 1. The van der Waals surface area contributed by atoms with Gasteiger partial charge in [0.05, 0.1) is 5.69 Å². The van der Waals surface area contributed by atoms with Crippen molar-refractivity contribution >= 4 is 28.0 Å². The molecule has 0 aliphatic heterocycles. The van der Waals surface area contributed by atoms with Crippen LogP contribution in [0, 0.1) is 6.92 Å². The van der Waals surface area contributed by atoms with Crippen molar-refractivity contribution in [2.75, 3.05) is 33.2 Å². The zero-order valence-corrected chi connectivity index (χ0v) is 17.3. The molecule has 1 aromatic heterocycles. The number of benzene rings is 2. The predicted molar refractivity (Wildman–Crippen MR) is 115 cm³/mol. The molecule has 0 saturated carbocycles. The maximum Gasteiger partial charge on any atom is 0.265 e. The summed E-state index contributed by atoms with van der Waals surface area (Å²) < 4.78 is 0. The molecule has 0 spiro atoms. The summed E-state index contributed by atoms with van der Waals surface area (Å²) in [5.41, 5.74) is 1.87. The number of thiazole rings is 1. The Morgan fingerprint density at radius 1 is 1.04 bits per heavy atom. The van der Waals surface area contributed by atoms with Crippen molar-refractivity contribution in [1.82, 2.24) is 14.8 Å². The summed E-state index contributed by atoms with van der Waals surface area (Å²) in [6.45, 7) is 9.84. The van der Waals surface area contributed by atoms with E-state index in [0.717, 1.165) is 47.3 Å². The van der Waals surface area contributed by atoms with Gasteiger partial charge in [-0.15, -0.1) is 11.3 Å². The highest BCUT2D eigenvalue weighted by Gasteiger charge is 2.20. The molecule has 0 unspecified atom stereocenters. The van der Waals surface area contributed by atoms with Crippen molar-refractivity contribution in [2.45, 2.75) is 20.8 Å². The molecule has 4 nitrogen and oxygen atoms in total. The predicted octanol–water partition coefficient (Wildman–Crippen LogP) is 4.69. The fourth-order valence-electron chi connectivity index (χ4n) is 3.15. The molecule has 2 aromatic carbocycles. The third-order valence-corrected chi connectivity index (χ3v) is 6.17. The summed E-state index contributed by atoms with van der Waals surface area (Å²) >= 11 is 1.49. The van der Waals surface area contributed by atoms with E-state index < -0.39 is 0 Å². The van der Waals surface area contributed by atoms with Gasteiger partial charge in [0.15, 0.2) is 0 Å². The number of aromatic nitrogens is 1. The summed E-state index contributed by atoms with van der Waals surface area (Å²) in [4.78, 5) is 22.4. The van der Waals surface area contributed by atoms with Gasteiger partial charge in [-0.2, -0.15) is 0 Å². The van der Waals surface area contributed by atoms with Crippen LogP contribution in [0.15, 0.2) is 42.5 Å². The van der Waals surface area contributed by atoms with Crippen LogP contribution in [0.1, 0.15) is 29.2 Å². The first-order valence-electron chi connectivity index (χ1n) is 9.47. The van der Waals surface area contributed by atoms with Crippen molar-refractivity contribution in [2.24, 2.45) is 0 Å². The van der Waals surface area contributed by atoms with Gasteiger partial charge in [0, 0.05) is 25.7 Å². The average Bonchev–Trinajstić information content (AvgIpc) is 3.09.